The maximum Gasteiger partial charge on any atom is 0.184 e. The number of carbonyl (C=O) groups is 1. The molecule has 0 bridgehead atoms. The van der Waals surface area contributed by atoms with Gasteiger partial charge in [-0.1, -0.05) is 20.3 Å². The van der Waals surface area contributed by atoms with Crippen molar-refractivity contribution in [3.05, 3.63) is 16.1 Å². The normalized spacial score (nSPS) is 12.7. The predicted octanol–water partition coefficient (Wildman–Crippen LogP) is 2.26. The van der Waals surface area contributed by atoms with Crippen LogP contribution in [-0.2, 0) is 6.42 Å². The number of hydrogen-bond donors (Lipinski definition) is 1. The molecule has 84 valence electrons. The Morgan fingerprint density at radius 1 is 1.67 bits per heavy atom. The molecular weight excluding hydrogens is 208 g/mol. The van der Waals surface area contributed by atoms with Crippen LogP contribution in [0.3, 0.4) is 0 Å². The maximum absolute atomic E-state index is 11.9. The Kier molecular flexibility index (Phi) is 4.91. The number of rotatable bonds is 6. The number of carbonyl (C=O) groups excluding carboxylic acids is 1. The fourth-order valence-electron chi connectivity index (χ4n) is 1.48. The van der Waals surface area contributed by atoms with Gasteiger partial charge in [0.15, 0.2) is 5.78 Å². The molecule has 0 saturated heterocycles. The number of aromatic nitrogens is 1. The molecule has 0 spiro atoms. The summed E-state index contributed by atoms with van der Waals surface area (Å²) in [6, 6.07) is 0. The molecule has 1 aromatic heterocycles. The van der Waals surface area contributed by atoms with Crippen LogP contribution in [0.4, 0.5) is 0 Å². The van der Waals surface area contributed by atoms with E-state index >= 15 is 0 Å². The van der Waals surface area contributed by atoms with Crippen molar-refractivity contribution in [1.29, 1.82) is 0 Å². The minimum Gasteiger partial charge on any atom is -0.330 e. The number of hydrogen-bond acceptors (Lipinski definition) is 4. The topological polar surface area (TPSA) is 56.0 Å². The summed E-state index contributed by atoms with van der Waals surface area (Å²) >= 11 is 1.53. The number of thiazole rings is 1. The monoisotopic (exact) mass is 226 g/mol. The minimum atomic E-state index is 0.0860. The third-order valence-electron chi connectivity index (χ3n) is 2.33. The van der Waals surface area contributed by atoms with Crippen LogP contribution >= 0.6 is 11.3 Å². The molecule has 0 aliphatic heterocycles. The van der Waals surface area contributed by atoms with Gasteiger partial charge in [0.25, 0.3) is 0 Å². The van der Waals surface area contributed by atoms with E-state index in [-0.39, 0.29) is 11.7 Å². The molecule has 0 radical (unpaired) electrons. The van der Waals surface area contributed by atoms with E-state index in [1.165, 1.54) is 11.3 Å². The first-order valence-corrected chi connectivity index (χ1v) is 6.25. The quantitative estimate of drug-likeness (QED) is 0.757. The van der Waals surface area contributed by atoms with Crippen molar-refractivity contribution in [2.24, 2.45) is 11.7 Å². The van der Waals surface area contributed by atoms with Gasteiger partial charge in [0.2, 0.25) is 0 Å². The van der Waals surface area contributed by atoms with Gasteiger partial charge in [0.05, 0.1) is 5.01 Å². The Bertz CT molecular complexity index is 322. The molecule has 1 aromatic rings. The number of nitrogens with zero attached hydrogens (tertiary/aromatic N) is 1. The summed E-state index contributed by atoms with van der Waals surface area (Å²) in [7, 11) is 0. The van der Waals surface area contributed by atoms with Gasteiger partial charge in [0.1, 0.15) is 5.69 Å². The molecule has 0 saturated carbocycles. The van der Waals surface area contributed by atoms with Crippen molar-refractivity contribution in [3.63, 3.8) is 0 Å². The van der Waals surface area contributed by atoms with Gasteiger partial charge in [-0.2, -0.15) is 0 Å². The lowest BCUT2D eigenvalue weighted by Gasteiger charge is -2.05. The summed E-state index contributed by atoms with van der Waals surface area (Å²) in [5.74, 6) is 0.249. The van der Waals surface area contributed by atoms with Crippen molar-refractivity contribution in [2.45, 2.75) is 33.1 Å². The fraction of sp³-hybridized carbons (Fsp3) is 0.636. The summed E-state index contributed by atoms with van der Waals surface area (Å²) in [6.07, 6.45) is 2.73. The van der Waals surface area contributed by atoms with Gasteiger partial charge in [-0.15, -0.1) is 11.3 Å². The molecule has 1 atom stereocenters. The summed E-state index contributed by atoms with van der Waals surface area (Å²) in [6.45, 7) is 4.64. The van der Waals surface area contributed by atoms with Crippen LogP contribution in [0, 0.1) is 5.92 Å². The molecule has 0 aromatic carbocycles. The van der Waals surface area contributed by atoms with Crippen LogP contribution in [0.1, 0.15) is 42.2 Å². The van der Waals surface area contributed by atoms with Crippen molar-refractivity contribution in [1.82, 2.24) is 4.98 Å². The molecule has 2 N–H and O–H groups in total. The van der Waals surface area contributed by atoms with Gasteiger partial charge < -0.3 is 5.73 Å². The lowest BCUT2D eigenvalue weighted by molar-refractivity contribution is 0.0919. The molecule has 1 unspecified atom stereocenters. The first-order chi connectivity index (χ1) is 7.19. The molecule has 0 amide bonds. The van der Waals surface area contributed by atoms with Gasteiger partial charge in [-0.3, -0.25) is 4.79 Å². The minimum absolute atomic E-state index is 0.0860. The smallest absolute Gasteiger partial charge is 0.184 e. The van der Waals surface area contributed by atoms with Gasteiger partial charge >= 0.3 is 0 Å². The highest BCUT2D eigenvalue weighted by Gasteiger charge is 2.17. The van der Waals surface area contributed by atoms with Crippen molar-refractivity contribution >= 4 is 17.1 Å². The van der Waals surface area contributed by atoms with Crippen LogP contribution in [0.25, 0.3) is 0 Å². The van der Waals surface area contributed by atoms with Crippen LogP contribution in [0.2, 0.25) is 0 Å². The average molecular weight is 226 g/mol. The number of ketones is 1. The Labute approximate surface area is 94.7 Å². The summed E-state index contributed by atoms with van der Waals surface area (Å²) in [5, 5.41) is 2.81. The van der Waals surface area contributed by atoms with Crippen molar-refractivity contribution in [2.75, 3.05) is 6.54 Å². The zero-order valence-electron chi connectivity index (χ0n) is 9.32. The van der Waals surface area contributed by atoms with Gasteiger partial charge in [0, 0.05) is 17.7 Å². The second-order valence-corrected chi connectivity index (χ2v) is 4.66. The summed E-state index contributed by atoms with van der Waals surface area (Å²) < 4.78 is 0. The Morgan fingerprint density at radius 3 is 3.00 bits per heavy atom. The molecular formula is C11H18N2OS. The molecule has 0 aliphatic carbocycles. The fourth-order valence-corrected chi connectivity index (χ4v) is 2.28. The van der Waals surface area contributed by atoms with Gasteiger partial charge in [-0.05, 0) is 13.0 Å². The van der Waals surface area contributed by atoms with Crippen LogP contribution in [0.15, 0.2) is 5.38 Å². The highest BCUT2D eigenvalue weighted by atomic mass is 32.1. The van der Waals surface area contributed by atoms with Crippen molar-refractivity contribution in [3.8, 4) is 0 Å². The number of Topliss-reactive ketones (excluding diaryl/α,β-unsaturated/α-hetero) is 1. The zero-order valence-corrected chi connectivity index (χ0v) is 10.1. The Morgan fingerprint density at radius 2 is 2.40 bits per heavy atom. The Hall–Kier alpha value is -0.740. The maximum atomic E-state index is 11.9. The SMILES string of the molecule is CCCC(C)C(=O)c1csc(CCN)n1. The van der Waals surface area contributed by atoms with Crippen molar-refractivity contribution < 1.29 is 4.79 Å². The van der Waals surface area contributed by atoms with E-state index in [1.807, 2.05) is 12.3 Å². The summed E-state index contributed by atoms with van der Waals surface area (Å²) in [5.41, 5.74) is 6.05. The second kappa shape index (κ2) is 5.98. The molecule has 4 heteroatoms. The number of nitrogens with two attached hydrogens (primary N) is 1. The van der Waals surface area contributed by atoms with E-state index in [9.17, 15) is 4.79 Å². The zero-order chi connectivity index (χ0) is 11.3. The predicted molar refractivity (Wildman–Crippen MR) is 63.3 cm³/mol. The molecule has 15 heavy (non-hydrogen) atoms. The molecule has 0 aliphatic rings. The first kappa shape index (κ1) is 12.3. The molecule has 1 rings (SSSR count). The van der Waals surface area contributed by atoms with E-state index in [2.05, 4.69) is 11.9 Å². The highest BCUT2D eigenvalue weighted by molar-refractivity contribution is 7.09. The Balaban J connectivity index is 2.65. The molecule has 1 heterocycles. The third-order valence-corrected chi connectivity index (χ3v) is 3.24. The van der Waals surface area contributed by atoms with Gasteiger partial charge in [-0.25, -0.2) is 4.98 Å². The standard InChI is InChI=1S/C11H18N2OS/c1-3-4-8(2)11(14)9-7-15-10(13-9)5-6-12/h7-8H,3-6,12H2,1-2H3. The molecule has 3 nitrogen and oxygen atoms in total. The first-order valence-electron chi connectivity index (χ1n) is 5.37. The lowest BCUT2D eigenvalue weighted by Crippen LogP contribution is -2.11. The summed E-state index contributed by atoms with van der Waals surface area (Å²) in [4.78, 5) is 16.2. The average Bonchev–Trinajstić information content (AvgIpc) is 2.66. The van der Waals surface area contributed by atoms with E-state index < -0.39 is 0 Å². The van der Waals surface area contributed by atoms with Crippen LogP contribution < -0.4 is 5.73 Å². The van der Waals surface area contributed by atoms with Crippen LogP contribution in [-0.4, -0.2) is 17.3 Å². The van der Waals surface area contributed by atoms with E-state index in [1.54, 1.807) is 0 Å². The van der Waals surface area contributed by atoms with E-state index in [0.717, 1.165) is 24.3 Å². The van der Waals surface area contributed by atoms with E-state index in [4.69, 9.17) is 5.73 Å². The highest BCUT2D eigenvalue weighted by Crippen LogP contribution is 2.16. The van der Waals surface area contributed by atoms with E-state index in [0.29, 0.717) is 12.2 Å². The third kappa shape index (κ3) is 3.39. The largest absolute Gasteiger partial charge is 0.330 e. The lowest BCUT2D eigenvalue weighted by atomic mass is 9.99. The van der Waals surface area contributed by atoms with Crippen LogP contribution in [0.5, 0.6) is 0 Å². The molecule has 0 fully saturated rings. The second-order valence-electron chi connectivity index (χ2n) is 3.72.